The molecule has 0 unspecified atom stereocenters. The van der Waals surface area contributed by atoms with Crippen LogP contribution >= 0.6 is 0 Å². The fraction of sp³-hybridized carbons (Fsp3) is 0.379. The zero-order chi connectivity index (χ0) is 26.5. The lowest BCUT2D eigenvalue weighted by Gasteiger charge is -2.44. The van der Waals surface area contributed by atoms with Crippen molar-refractivity contribution < 1.29 is 23.1 Å². The number of halogens is 3. The molecule has 2 aliphatic rings. The van der Waals surface area contributed by atoms with Gasteiger partial charge in [0.05, 0.1) is 18.3 Å². The third-order valence-electron chi connectivity index (χ3n) is 7.06. The summed E-state index contributed by atoms with van der Waals surface area (Å²) < 4.78 is 47.9. The Kier molecular flexibility index (Phi) is 6.48. The molecule has 194 valence electrons. The minimum atomic E-state index is -1.58. The third kappa shape index (κ3) is 5.34. The Labute approximate surface area is 214 Å². The first-order valence-corrected chi connectivity index (χ1v) is 12.5. The minimum absolute atomic E-state index is 0.00622. The van der Waals surface area contributed by atoms with Crippen molar-refractivity contribution in [3.05, 3.63) is 82.7 Å². The molecule has 2 atom stereocenters. The van der Waals surface area contributed by atoms with Crippen LogP contribution in [0.5, 0.6) is 0 Å². The van der Waals surface area contributed by atoms with Crippen LogP contribution in [0.3, 0.4) is 0 Å². The molecule has 5 rings (SSSR count). The van der Waals surface area contributed by atoms with E-state index >= 15 is 8.78 Å². The number of hydrogen-bond donors (Lipinski definition) is 1. The second-order valence-electron chi connectivity index (χ2n) is 10.8. The molecule has 5 nitrogen and oxygen atoms in total. The Morgan fingerprint density at radius 3 is 2.49 bits per heavy atom. The summed E-state index contributed by atoms with van der Waals surface area (Å²) >= 11 is 0. The molecule has 37 heavy (non-hydrogen) atoms. The summed E-state index contributed by atoms with van der Waals surface area (Å²) in [4.78, 5) is 12.7. The van der Waals surface area contributed by atoms with E-state index in [9.17, 15) is 9.18 Å². The van der Waals surface area contributed by atoms with E-state index in [1.54, 1.807) is 0 Å². The average molecular weight is 510 g/mol. The monoisotopic (exact) mass is 509 g/mol. The van der Waals surface area contributed by atoms with Gasteiger partial charge in [0, 0.05) is 36.0 Å². The number of rotatable bonds is 7. The van der Waals surface area contributed by atoms with Gasteiger partial charge in [0.15, 0.2) is 0 Å². The summed E-state index contributed by atoms with van der Waals surface area (Å²) in [7, 11) is 0. The summed E-state index contributed by atoms with van der Waals surface area (Å²) in [6, 6.07) is 7.54. The molecule has 2 heterocycles. The van der Waals surface area contributed by atoms with Gasteiger partial charge in [-0.15, -0.1) is 0 Å². The third-order valence-corrected chi connectivity index (χ3v) is 7.06. The molecule has 0 amide bonds. The molecule has 0 spiro atoms. The maximum absolute atomic E-state index is 15.5. The van der Waals surface area contributed by atoms with Crippen molar-refractivity contribution in [2.45, 2.75) is 63.8 Å². The number of aliphatic carboxylic acids is 1. The maximum atomic E-state index is 15.5. The Balaban J connectivity index is 1.59. The van der Waals surface area contributed by atoms with Crippen LogP contribution in [0.2, 0.25) is 0 Å². The van der Waals surface area contributed by atoms with Gasteiger partial charge < -0.3 is 5.11 Å². The molecule has 1 fully saturated rings. The number of aromatic nitrogens is 2. The average Bonchev–Trinajstić information content (AvgIpc) is 3.54. The summed E-state index contributed by atoms with van der Waals surface area (Å²) in [5.41, 5.74) is 2.00. The summed E-state index contributed by atoms with van der Waals surface area (Å²) in [5.74, 6) is -2.81. The van der Waals surface area contributed by atoms with E-state index in [2.05, 4.69) is 5.10 Å². The van der Waals surface area contributed by atoms with Crippen molar-refractivity contribution in [2.75, 3.05) is 6.54 Å². The molecule has 0 bridgehead atoms. The smallest absolute Gasteiger partial charge is 0.328 e. The van der Waals surface area contributed by atoms with Gasteiger partial charge in [-0.1, -0.05) is 18.2 Å². The molecule has 0 radical (unpaired) electrons. The highest BCUT2D eigenvalue weighted by Gasteiger charge is 2.39. The number of carbonyl (C=O) groups is 1. The normalized spacial score (nSPS) is 20.4. The number of alkyl halides is 1. The topological polar surface area (TPSA) is 58.4 Å². The first kappa shape index (κ1) is 25.3. The fourth-order valence-electron chi connectivity index (χ4n) is 5.25. The van der Waals surface area contributed by atoms with Crippen LogP contribution < -0.4 is 0 Å². The Bertz CT molecular complexity index is 1350. The number of carboxylic acids is 1. The van der Waals surface area contributed by atoms with Crippen molar-refractivity contribution in [3.8, 4) is 11.1 Å². The van der Waals surface area contributed by atoms with Crippen molar-refractivity contribution in [1.29, 1.82) is 0 Å². The number of nitrogens with zero attached hydrogens (tertiary/aromatic N) is 3. The Morgan fingerprint density at radius 1 is 1.16 bits per heavy atom. The summed E-state index contributed by atoms with van der Waals surface area (Å²) in [6.07, 6.45) is 8.72. The highest BCUT2D eigenvalue weighted by molar-refractivity contribution is 5.85. The summed E-state index contributed by atoms with van der Waals surface area (Å²) in [6.45, 7) is 4.85. The molecule has 1 aliphatic carbocycles. The quantitative estimate of drug-likeness (QED) is 0.378. The highest BCUT2D eigenvalue weighted by Crippen LogP contribution is 2.43. The molecule has 3 aromatic rings. The van der Waals surface area contributed by atoms with Gasteiger partial charge in [-0.3, -0.25) is 9.58 Å². The second kappa shape index (κ2) is 9.49. The van der Waals surface area contributed by atoms with Crippen LogP contribution in [0.25, 0.3) is 17.2 Å². The van der Waals surface area contributed by atoms with Crippen LogP contribution in [0.1, 0.15) is 68.0 Å². The zero-order valence-electron chi connectivity index (χ0n) is 21.1. The summed E-state index contributed by atoms with van der Waals surface area (Å²) in [5, 5.41) is 13.3. The van der Waals surface area contributed by atoms with Gasteiger partial charge in [-0.25, -0.2) is 18.0 Å². The van der Waals surface area contributed by atoms with Gasteiger partial charge in [0.2, 0.25) is 0 Å². The first-order chi connectivity index (χ1) is 17.5. The van der Waals surface area contributed by atoms with Gasteiger partial charge >= 0.3 is 5.97 Å². The van der Waals surface area contributed by atoms with E-state index in [1.165, 1.54) is 13.8 Å². The fourth-order valence-corrected chi connectivity index (χ4v) is 5.25. The Morgan fingerprint density at radius 2 is 1.86 bits per heavy atom. The molecule has 1 aromatic heterocycles. The van der Waals surface area contributed by atoms with Crippen LogP contribution in [0.4, 0.5) is 13.2 Å². The van der Waals surface area contributed by atoms with E-state index in [4.69, 9.17) is 5.11 Å². The predicted octanol–water partition coefficient (Wildman–Crippen LogP) is 6.35. The number of fused-ring (bicyclic) bond motifs is 1. The zero-order valence-corrected chi connectivity index (χ0v) is 21.1. The number of benzene rings is 2. The van der Waals surface area contributed by atoms with Crippen LogP contribution in [0.15, 0.2) is 48.8 Å². The largest absolute Gasteiger partial charge is 0.478 e. The van der Waals surface area contributed by atoms with E-state index < -0.39 is 29.3 Å². The van der Waals surface area contributed by atoms with Crippen molar-refractivity contribution >= 4 is 12.0 Å². The predicted molar refractivity (Wildman–Crippen MR) is 136 cm³/mol. The lowest BCUT2D eigenvalue weighted by atomic mass is 9.82. The standard InChI is InChI=1S/C29H30F3N3O2/c1-17-10-20-13-19(21-14-33-35(15-21)22-6-7-22)5-8-23(20)28(34(17)16-29(2,3)32)27-24(30)11-18(12-25(27)31)4-9-26(36)37/h4-5,8-9,11-15,17,22,28H,6-7,10,16H2,1-3H3,(H,36,37)/b9-4+/t17-,28+/m1/s1. The van der Waals surface area contributed by atoms with E-state index in [1.807, 2.05) is 47.1 Å². The van der Waals surface area contributed by atoms with Gasteiger partial charge in [0.1, 0.15) is 17.3 Å². The van der Waals surface area contributed by atoms with E-state index in [-0.39, 0.29) is 23.7 Å². The Hall–Kier alpha value is -3.39. The van der Waals surface area contributed by atoms with E-state index in [0.29, 0.717) is 12.5 Å². The molecular formula is C29H30F3N3O2. The van der Waals surface area contributed by atoms with Gasteiger partial charge in [-0.05, 0) is 80.5 Å². The molecule has 2 aromatic carbocycles. The van der Waals surface area contributed by atoms with Crippen LogP contribution in [-0.2, 0) is 11.2 Å². The maximum Gasteiger partial charge on any atom is 0.328 e. The van der Waals surface area contributed by atoms with Crippen molar-refractivity contribution in [3.63, 3.8) is 0 Å². The number of hydrogen-bond acceptors (Lipinski definition) is 3. The lowest BCUT2D eigenvalue weighted by molar-refractivity contribution is -0.131. The first-order valence-electron chi connectivity index (χ1n) is 12.5. The highest BCUT2D eigenvalue weighted by atomic mass is 19.1. The lowest BCUT2D eigenvalue weighted by Crippen LogP contribution is -2.48. The van der Waals surface area contributed by atoms with Gasteiger partial charge in [0.25, 0.3) is 0 Å². The van der Waals surface area contributed by atoms with Crippen LogP contribution in [0, 0.1) is 11.6 Å². The van der Waals surface area contributed by atoms with Gasteiger partial charge in [-0.2, -0.15) is 5.10 Å². The second-order valence-corrected chi connectivity index (χ2v) is 10.8. The molecule has 0 saturated heterocycles. The number of carboxylic acid groups (broad SMARTS) is 1. The molecule has 1 aliphatic heterocycles. The molecule has 1 N–H and O–H groups in total. The SMILES string of the molecule is C[C@@H]1Cc2cc(-c3cnn(C4CC4)c3)ccc2[C@@H](c2c(F)cc(/C=C/C(=O)O)cc2F)N1CC(C)(C)F. The van der Waals surface area contributed by atoms with Crippen molar-refractivity contribution in [1.82, 2.24) is 14.7 Å². The minimum Gasteiger partial charge on any atom is -0.478 e. The molecule has 8 heteroatoms. The van der Waals surface area contributed by atoms with Crippen LogP contribution in [-0.4, -0.2) is 44.0 Å². The van der Waals surface area contributed by atoms with E-state index in [0.717, 1.165) is 59.4 Å². The van der Waals surface area contributed by atoms with Crippen molar-refractivity contribution in [2.24, 2.45) is 0 Å². The molecule has 1 saturated carbocycles. The molecular weight excluding hydrogens is 479 g/mol.